The lowest BCUT2D eigenvalue weighted by Crippen LogP contribution is -1.95. The molecule has 1 aromatic heterocycles. The second-order valence-corrected chi connectivity index (χ2v) is 10.8. The first-order chi connectivity index (χ1) is 21.3. The van der Waals surface area contributed by atoms with Crippen LogP contribution in [-0.2, 0) is 0 Å². The van der Waals surface area contributed by atoms with Crippen LogP contribution in [0.3, 0.4) is 0 Å². The molecule has 0 saturated heterocycles. The molecule has 0 radical (unpaired) electrons. The number of rotatable bonds is 5. The number of fused-ring (bicyclic) bond motifs is 9. The van der Waals surface area contributed by atoms with E-state index in [0.717, 1.165) is 33.4 Å². The summed E-state index contributed by atoms with van der Waals surface area (Å²) in [6.45, 7) is 0. The van der Waals surface area contributed by atoms with E-state index in [4.69, 9.17) is 10.4 Å². The Hall–Kier alpha value is -5.80. The van der Waals surface area contributed by atoms with Gasteiger partial charge in [-0.05, 0) is 73.8 Å². The summed E-state index contributed by atoms with van der Waals surface area (Å²) in [4.78, 5) is 4.93. The first-order valence-electron chi connectivity index (χ1n) is 14.5. The van der Waals surface area contributed by atoms with Crippen LogP contribution in [-0.4, -0.2) is 17.1 Å². The lowest BCUT2D eigenvalue weighted by atomic mass is 9.92. The maximum atomic E-state index is 7.87. The van der Waals surface area contributed by atoms with Gasteiger partial charge in [0, 0.05) is 22.6 Å². The van der Waals surface area contributed by atoms with Gasteiger partial charge in [-0.3, -0.25) is 4.57 Å². The minimum absolute atomic E-state index is 0.732. The van der Waals surface area contributed by atoms with E-state index in [1.807, 2.05) is 6.34 Å². The van der Waals surface area contributed by atoms with Crippen molar-refractivity contribution in [2.75, 3.05) is 0 Å². The van der Waals surface area contributed by atoms with E-state index in [0.29, 0.717) is 0 Å². The van der Waals surface area contributed by atoms with E-state index in [9.17, 15) is 0 Å². The van der Waals surface area contributed by atoms with Crippen LogP contribution in [0.5, 0.6) is 0 Å². The van der Waals surface area contributed by atoms with Crippen LogP contribution in [0.1, 0.15) is 5.56 Å². The van der Waals surface area contributed by atoms with Gasteiger partial charge < -0.3 is 5.41 Å². The molecule has 8 rings (SSSR count). The van der Waals surface area contributed by atoms with Crippen molar-refractivity contribution in [1.82, 2.24) is 4.57 Å². The molecule has 1 N–H and O–H groups in total. The van der Waals surface area contributed by atoms with Crippen molar-refractivity contribution in [1.29, 1.82) is 5.41 Å². The number of benzene rings is 7. The molecule has 3 nitrogen and oxygen atoms in total. The Morgan fingerprint density at radius 1 is 0.488 bits per heavy atom. The fourth-order valence-electron chi connectivity index (χ4n) is 6.44. The summed E-state index contributed by atoms with van der Waals surface area (Å²) >= 11 is 0. The predicted octanol–water partition coefficient (Wildman–Crippen LogP) is 10.5. The molecule has 3 heteroatoms. The van der Waals surface area contributed by atoms with E-state index >= 15 is 0 Å². The summed E-state index contributed by atoms with van der Waals surface area (Å²) in [7, 11) is 0. The molecule has 0 unspecified atom stereocenters. The predicted molar refractivity (Wildman–Crippen MR) is 184 cm³/mol. The first kappa shape index (κ1) is 25.0. The fraction of sp³-hybridized carbons (Fsp3) is 0. The van der Waals surface area contributed by atoms with Crippen molar-refractivity contribution >= 4 is 72.4 Å². The molecule has 0 bridgehead atoms. The average molecular weight is 550 g/mol. The normalized spacial score (nSPS) is 12.3. The van der Waals surface area contributed by atoms with E-state index in [-0.39, 0.29) is 0 Å². The first-order valence-corrected chi connectivity index (χ1v) is 14.5. The lowest BCUT2D eigenvalue weighted by molar-refractivity contribution is 1.31. The molecule has 0 aliphatic rings. The Morgan fingerprint density at radius 3 is 1.60 bits per heavy atom. The Bertz CT molecular complexity index is 2340. The standard InChI is InChI=1S/C40H27N3/c41-23-22-38(42-26-43-39-18-7-5-16-35(39)36-17-6-8-19-40(36)43)29-11-9-10-27(24-29)28-20-21-34-32-14-2-1-12-30(32)31-13-3-4-15-33(31)37(34)25-28/h1-26,41H/b38-22-,41-23?,42-26+. The zero-order chi connectivity index (χ0) is 28.8. The summed E-state index contributed by atoms with van der Waals surface area (Å²) in [6.07, 6.45) is 4.93. The molecule has 0 aliphatic carbocycles. The number of para-hydroxylation sites is 2. The van der Waals surface area contributed by atoms with Crippen molar-refractivity contribution in [2.45, 2.75) is 0 Å². The summed E-state index contributed by atoms with van der Waals surface area (Å²) in [5.41, 5.74) is 6.16. The van der Waals surface area contributed by atoms with Crippen molar-refractivity contribution in [3.05, 3.63) is 151 Å². The maximum absolute atomic E-state index is 7.87. The fourth-order valence-corrected chi connectivity index (χ4v) is 6.44. The number of nitrogens with zero attached hydrogens (tertiary/aromatic N) is 2. The SMILES string of the molecule is N=C/C=C(\N=C\n1c2ccccc2c2ccccc21)c1cccc(-c2ccc3c4ccccc4c4ccccc4c3c2)c1. The highest BCUT2D eigenvalue weighted by Crippen LogP contribution is 2.37. The number of hydrogen-bond acceptors (Lipinski definition) is 2. The summed E-state index contributed by atoms with van der Waals surface area (Å²) in [5.74, 6) is 0. The summed E-state index contributed by atoms with van der Waals surface area (Å²) in [6, 6.07) is 49.3. The van der Waals surface area contributed by atoms with Gasteiger partial charge in [0.25, 0.3) is 0 Å². The minimum Gasteiger partial charge on any atom is -0.309 e. The van der Waals surface area contributed by atoms with Gasteiger partial charge in [-0.2, -0.15) is 0 Å². The molecular weight excluding hydrogens is 522 g/mol. The quantitative estimate of drug-likeness (QED) is 0.126. The molecule has 8 aromatic rings. The maximum Gasteiger partial charge on any atom is 0.100 e. The second-order valence-electron chi connectivity index (χ2n) is 10.8. The number of aromatic nitrogens is 1. The van der Waals surface area contributed by atoms with E-state index < -0.39 is 0 Å². The number of hydrogen-bond donors (Lipinski definition) is 1. The van der Waals surface area contributed by atoms with Gasteiger partial charge in [-0.1, -0.05) is 115 Å². The van der Waals surface area contributed by atoms with Crippen LogP contribution >= 0.6 is 0 Å². The smallest absolute Gasteiger partial charge is 0.100 e. The Balaban J connectivity index is 1.24. The zero-order valence-corrected chi connectivity index (χ0v) is 23.4. The van der Waals surface area contributed by atoms with Gasteiger partial charge in [-0.15, -0.1) is 0 Å². The van der Waals surface area contributed by atoms with Crippen molar-refractivity contribution in [3.8, 4) is 11.1 Å². The van der Waals surface area contributed by atoms with Gasteiger partial charge in [0.05, 0.1) is 16.7 Å². The largest absolute Gasteiger partial charge is 0.309 e. The molecular formula is C40H27N3. The highest BCUT2D eigenvalue weighted by Gasteiger charge is 2.11. The lowest BCUT2D eigenvalue weighted by Gasteiger charge is -2.12. The molecule has 1 heterocycles. The Morgan fingerprint density at radius 2 is 1.00 bits per heavy atom. The van der Waals surface area contributed by atoms with Gasteiger partial charge in [0.15, 0.2) is 0 Å². The topological polar surface area (TPSA) is 41.1 Å². The third-order valence-corrected chi connectivity index (χ3v) is 8.41. The van der Waals surface area contributed by atoms with Crippen LogP contribution in [0.15, 0.2) is 151 Å². The van der Waals surface area contributed by atoms with Crippen LogP contribution in [0.25, 0.3) is 70.9 Å². The van der Waals surface area contributed by atoms with Crippen LogP contribution in [0.4, 0.5) is 0 Å². The molecule has 0 saturated carbocycles. The number of allylic oxidation sites excluding steroid dienone is 1. The molecule has 0 atom stereocenters. The Kier molecular flexibility index (Phi) is 5.94. The number of aliphatic imine (C=N–C) groups is 1. The van der Waals surface area contributed by atoms with Crippen LogP contribution in [0.2, 0.25) is 0 Å². The number of nitrogens with one attached hydrogen (secondary N) is 1. The van der Waals surface area contributed by atoms with E-state index in [1.165, 1.54) is 49.3 Å². The zero-order valence-electron chi connectivity index (χ0n) is 23.4. The third kappa shape index (κ3) is 4.13. The minimum atomic E-state index is 0.732. The van der Waals surface area contributed by atoms with Gasteiger partial charge >= 0.3 is 0 Å². The van der Waals surface area contributed by atoms with Crippen molar-refractivity contribution in [2.24, 2.45) is 4.99 Å². The highest BCUT2D eigenvalue weighted by molar-refractivity contribution is 6.25. The van der Waals surface area contributed by atoms with Gasteiger partial charge in [0.1, 0.15) is 6.34 Å². The third-order valence-electron chi connectivity index (χ3n) is 8.41. The monoisotopic (exact) mass is 549 g/mol. The van der Waals surface area contributed by atoms with Gasteiger partial charge in [-0.25, -0.2) is 4.99 Å². The second kappa shape index (κ2) is 10.2. The molecule has 0 amide bonds. The van der Waals surface area contributed by atoms with Crippen molar-refractivity contribution < 1.29 is 0 Å². The van der Waals surface area contributed by atoms with Crippen molar-refractivity contribution in [3.63, 3.8) is 0 Å². The molecule has 43 heavy (non-hydrogen) atoms. The Labute approximate surface area is 249 Å². The summed E-state index contributed by atoms with van der Waals surface area (Å²) < 4.78 is 2.13. The van der Waals surface area contributed by atoms with Gasteiger partial charge in [0.2, 0.25) is 0 Å². The molecule has 7 aromatic carbocycles. The van der Waals surface area contributed by atoms with Crippen LogP contribution < -0.4 is 0 Å². The highest BCUT2D eigenvalue weighted by atomic mass is 15.0. The van der Waals surface area contributed by atoms with E-state index in [2.05, 4.69) is 144 Å². The average Bonchev–Trinajstić information content (AvgIpc) is 3.40. The molecule has 0 fully saturated rings. The summed E-state index contributed by atoms with van der Waals surface area (Å²) in [5, 5.41) is 17.8. The molecule has 0 aliphatic heterocycles. The van der Waals surface area contributed by atoms with Crippen LogP contribution in [0, 0.1) is 5.41 Å². The molecule has 202 valence electrons. The molecule has 0 spiro atoms. The van der Waals surface area contributed by atoms with E-state index in [1.54, 1.807) is 6.08 Å².